The molecule has 0 bridgehead atoms. The predicted molar refractivity (Wildman–Crippen MR) is 247 cm³/mol. The highest BCUT2D eigenvalue weighted by Crippen LogP contribution is 2.44. The Labute approximate surface area is 338 Å². The fraction of sp³-hybridized carbons (Fsp3) is 0. The fourth-order valence-corrected chi connectivity index (χ4v) is 8.87. The third-order valence-electron chi connectivity index (χ3n) is 11.5. The van der Waals surface area contributed by atoms with Crippen molar-refractivity contribution in [1.29, 1.82) is 0 Å². The molecule has 0 aliphatic heterocycles. The van der Waals surface area contributed by atoms with Gasteiger partial charge in [0, 0.05) is 38.6 Å². The van der Waals surface area contributed by atoms with Crippen LogP contribution in [0, 0.1) is 0 Å². The van der Waals surface area contributed by atoms with Gasteiger partial charge in [-0.05, 0) is 98.8 Å². The van der Waals surface area contributed by atoms with Crippen molar-refractivity contribution < 1.29 is 0 Å². The van der Waals surface area contributed by atoms with Crippen LogP contribution in [0.3, 0.4) is 0 Å². The van der Waals surface area contributed by atoms with Gasteiger partial charge in [-0.3, -0.25) is 0 Å². The van der Waals surface area contributed by atoms with Crippen LogP contribution in [0.4, 0.5) is 17.1 Å². The maximum absolute atomic E-state index is 2.44. The lowest BCUT2D eigenvalue weighted by molar-refractivity contribution is 1.19. The number of para-hydroxylation sites is 1. The summed E-state index contributed by atoms with van der Waals surface area (Å²) in [5.41, 5.74) is 14.1. The zero-order valence-electron chi connectivity index (χ0n) is 31.8. The Kier molecular flexibility index (Phi) is 8.19. The standard InChI is InChI=1S/C56H38N2/c1-3-15-39(16-4-1)43-20-11-21-44(37-43)40-31-34-47(35-32-40)57(53-29-13-19-41-17-7-9-26-49(41)53)48-25-12-22-45(38-48)50-28-14-30-54-55(50)52-36-33-42-18-8-10-27-51(42)56(52)58(54)46-23-5-2-6-24-46/h1-38H. The van der Waals surface area contributed by atoms with Crippen LogP contribution in [-0.4, -0.2) is 4.57 Å². The fourth-order valence-electron chi connectivity index (χ4n) is 8.87. The van der Waals surface area contributed by atoms with Crippen LogP contribution in [0.5, 0.6) is 0 Å². The van der Waals surface area contributed by atoms with Gasteiger partial charge in [0.1, 0.15) is 0 Å². The van der Waals surface area contributed by atoms with Crippen LogP contribution in [0.1, 0.15) is 0 Å². The summed E-state index contributed by atoms with van der Waals surface area (Å²) in [6.07, 6.45) is 0. The number of hydrogen-bond donors (Lipinski definition) is 0. The number of aromatic nitrogens is 1. The van der Waals surface area contributed by atoms with Gasteiger partial charge >= 0.3 is 0 Å². The minimum absolute atomic E-state index is 1.10. The number of nitrogens with zero attached hydrogens (tertiary/aromatic N) is 2. The maximum atomic E-state index is 2.44. The van der Waals surface area contributed by atoms with Gasteiger partial charge in [-0.15, -0.1) is 0 Å². The first-order valence-corrected chi connectivity index (χ1v) is 19.9. The average molecular weight is 739 g/mol. The summed E-state index contributed by atoms with van der Waals surface area (Å²) in [6, 6.07) is 83.6. The van der Waals surface area contributed by atoms with Gasteiger partial charge in [-0.1, -0.05) is 176 Å². The predicted octanol–water partition coefficient (Wildman–Crippen LogP) is 15.6. The second-order valence-electron chi connectivity index (χ2n) is 14.9. The molecular formula is C56H38N2. The van der Waals surface area contributed by atoms with E-state index >= 15 is 0 Å². The van der Waals surface area contributed by atoms with E-state index in [1.807, 2.05) is 0 Å². The molecule has 2 nitrogen and oxygen atoms in total. The lowest BCUT2D eigenvalue weighted by Gasteiger charge is -2.27. The monoisotopic (exact) mass is 738 g/mol. The molecule has 0 fully saturated rings. The Bertz CT molecular complexity index is 3260. The molecule has 10 aromatic carbocycles. The summed E-state index contributed by atoms with van der Waals surface area (Å²) in [5.74, 6) is 0. The lowest BCUT2D eigenvalue weighted by atomic mass is 9.97. The van der Waals surface area contributed by atoms with Gasteiger partial charge in [-0.25, -0.2) is 0 Å². The van der Waals surface area contributed by atoms with Crippen molar-refractivity contribution in [2.45, 2.75) is 0 Å². The minimum Gasteiger partial charge on any atom is -0.310 e. The summed E-state index contributed by atoms with van der Waals surface area (Å²) in [5, 5.41) is 7.40. The molecular weight excluding hydrogens is 701 g/mol. The van der Waals surface area contributed by atoms with Crippen LogP contribution in [0.15, 0.2) is 231 Å². The molecule has 11 rings (SSSR count). The zero-order valence-corrected chi connectivity index (χ0v) is 31.8. The number of hydrogen-bond acceptors (Lipinski definition) is 1. The molecule has 0 N–H and O–H groups in total. The zero-order chi connectivity index (χ0) is 38.4. The van der Waals surface area contributed by atoms with E-state index in [1.54, 1.807) is 0 Å². The molecule has 0 atom stereocenters. The van der Waals surface area contributed by atoms with Crippen molar-refractivity contribution in [3.8, 4) is 39.1 Å². The molecule has 0 saturated carbocycles. The molecule has 0 amide bonds. The Morgan fingerprint density at radius 3 is 1.71 bits per heavy atom. The Hall–Kier alpha value is -7.68. The highest BCUT2D eigenvalue weighted by molar-refractivity contribution is 6.22. The van der Waals surface area contributed by atoms with E-state index < -0.39 is 0 Å². The molecule has 2 heteroatoms. The van der Waals surface area contributed by atoms with E-state index in [1.165, 1.54) is 76.7 Å². The van der Waals surface area contributed by atoms with Gasteiger partial charge in [-0.2, -0.15) is 0 Å². The highest BCUT2D eigenvalue weighted by Gasteiger charge is 2.20. The number of anilines is 3. The largest absolute Gasteiger partial charge is 0.310 e. The maximum Gasteiger partial charge on any atom is 0.0619 e. The van der Waals surface area contributed by atoms with Crippen molar-refractivity contribution in [3.63, 3.8) is 0 Å². The van der Waals surface area contributed by atoms with E-state index in [0.29, 0.717) is 0 Å². The van der Waals surface area contributed by atoms with Gasteiger partial charge in [0.15, 0.2) is 0 Å². The number of fused-ring (bicyclic) bond motifs is 6. The second-order valence-corrected chi connectivity index (χ2v) is 14.9. The Morgan fingerprint density at radius 2 is 0.914 bits per heavy atom. The molecule has 58 heavy (non-hydrogen) atoms. The SMILES string of the molecule is c1ccc(-c2cccc(-c3ccc(N(c4cccc(-c5cccc6c5c5ccc7ccccc7c5n6-c5ccccc5)c4)c4cccc5ccccc45)cc3)c2)cc1. The number of benzene rings is 10. The first kappa shape index (κ1) is 33.6. The molecule has 0 radical (unpaired) electrons. The Morgan fingerprint density at radius 1 is 0.328 bits per heavy atom. The highest BCUT2D eigenvalue weighted by atomic mass is 15.1. The van der Waals surface area contributed by atoms with Gasteiger partial charge < -0.3 is 9.47 Å². The van der Waals surface area contributed by atoms with Crippen molar-refractivity contribution in [2.24, 2.45) is 0 Å². The molecule has 0 spiro atoms. The van der Waals surface area contributed by atoms with Crippen LogP contribution >= 0.6 is 0 Å². The van der Waals surface area contributed by atoms with Crippen molar-refractivity contribution in [3.05, 3.63) is 231 Å². The molecule has 0 aliphatic rings. The molecule has 0 unspecified atom stereocenters. The van der Waals surface area contributed by atoms with Gasteiger partial charge in [0.2, 0.25) is 0 Å². The summed E-state index contributed by atoms with van der Waals surface area (Å²) in [6.45, 7) is 0. The molecule has 11 aromatic rings. The summed E-state index contributed by atoms with van der Waals surface area (Å²) < 4.78 is 2.44. The van der Waals surface area contributed by atoms with Crippen LogP contribution < -0.4 is 4.90 Å². The first-order valence-electron chi connectivity index (χ1n) is 19.9. The topological polar surface area (TPSA) is 8.17 Å². The average Bonchev–Trinajstić information content (AvgIpc) is 3.65. The molecule has 272 valence electrons. The van der Waals surface area contributed by atoms with E-state index in [2.05, 4.69) is 240 Å². The first-order chi connectivity index (χ1) is 28.8. The van der Waals surface area contributed by atoms with E-state index in [9.17, 15) is 0 Å². The van der Waals surface area contributed by atoms with Crippen LogP contribution in [0.25, 0.3) is 82.4 Å². The van der Waals surface area contributed by atoms with Crippen molar-refractivity contribution >= 4 is 60.4 Å². The van der Waals surface area contributed by atoms with Gasteiger partial charge in [0.05, 0.1) is 16.7 Å². The number of rotatable bonds is 7. The third-order valence-corrected chi connectivity index (χ3v) is 11.5. The minimum atomic E-state index is 1.10. The summed E-state index contributed by atoms with van der Waals surface area (Å²) >= 11 is 0. The van der Waals surface area contributed by atoms with E-state index in [0.717, 1.165) is 22.7 Å². The van der Waals surface area contributed by atoms with Crippen LogP contribution in [0.2, 0.25) is 0 Å². The van der Waals surface area contributed by atoms with Crippen molar-refractivity contribution in [1.82, 2.24) is 4.57 Å². The summed E-state index contributed by atoms with van der Waals surface area (Å²) in [4.78, 5) is 2.41. The molecule has 0 aliphatic carbocycles. The quantitative estimate of drug-likeness (QED) is 0.158. The summed E-state index contributed by atoms with van der Waals surface area (Å²) in [7, 11) is 0. The smallest absolute Gasteiger partial charge is 0.0619 e. The third kappa shape index (κ3) is 5.74. The van der Waals surface area contributed by atoms with Gasteiger partial charge in [0.25, 0.3) is 0 Å². The normalized spacial score (nSPS) is 11.4. The second kappa shape index (κ2) is 14.1. The Balaban J connectivity index is 1.09. The lowest BCUT2D eigenvalue weighted by Crippen LogP contribution is -2.10. The van der Waals surface area contributed by atoms with Crippen molar-refractivity contribution in [2.75, 3.05) is 4.90 Å². The molecule has 1 heterocycles. The molecule has 1 aromatic heterocycles. The molecule has 0 saturated heterocycles. The van der Waals surface area contributed by atoms with E-state index in [4.69, 9.17) is 0 Å². The van der Waals surface area contributed by atoms with Crippen LogP contribution in [-0.2, 0) is 0 Å². The van der Waals surface area contributed by atoms with E-state index in [-0.39, 0.29) is 0 Å².